The van der Waals surface area contributed by atoms with Crippen LogP contribution in [-0.4, -0.2) is 35.8 Å². The normalized spacial score (nSPS) is 11.5. The highest BCUT2D eigenvalue weighted by Gasteiger charge is 2.20. The lowest BCUT2D eigenvalue weighted by atomic mass is 10.0. The molecule has 0 aliphatic carbocycles. The van der Waals surface area contributed by atoms with E-state index in [0.29, 0.717) is 22.7 Å². The molecule has 2 aromatic rings. The average molecular weight is 459 g/mol. The van der Waals surface area contributed by atoms with Crippen LogP contribution in [0.25, 0.3) is 0 Å². The van der Waals surface area contributed by atoms with E-state index in [9.17, 15) is 14.4 Å². The van der Waals surface area contributed by atoms with Crippen LogP contribution in [-0.2, 0) is 11.3 Å². The first kappa shape index (κ1) is 25.2. The molecular weight excluding hydrogens is 428 g/mol. The number of primary amides is 1. The molecule has 2 aromatic carbocycles. The quantitative estimate of drug-likeness (QED) is 0.473. The van der Waals surface area contributed by atoms with Crippen LogP contribution >= 0.6 is 11.6 Å². The lowest BCUT2D eigenvalue weighted by Crippen LogP contribution is -2.36. The molecule has 0 heterocycles. The first-order valence-corrected chi connectivity index (χ1v) is 11.2. The van der Waals surface area contributed by atoms with Gasteiger partial charge >= 0.3 is 6.03 Å². The minimum absolute atomic E-state index is 0.00770. The Hall–Kier alpha value is -3.06. The first-order chi connectivity index (χ1) is 15.3. The monoisotopic (exact) mass is 458 g/mol. The summed E-state index contributed by atoms with van der Waals surface area (Å²) in [7, 11) is 0. The Morgan fingerprint density at radius 2 is 1.62 bits per heavy atom. The van der Waals surface area contributed by atoms with Gasteiger partial charge in [-0.15, -0.1) is 0 Å². The van der Waals surface area contributed by atoms with Gasteiger partial charge in [0.1, 0.15) is 0 Å². The van der Waals surface area contributed by atoms with E-state index >= 15 is 0 Å². The molecule has 8 heteroatoms. The van der Waals surface area contributed by atoms with E-state index < -0.39 is 12.1 Å². The van der Waals surface area contributed by atoms with E-state index in [1.807, 2.05) is 17.0 Å². The van der Waals surface area contributed by atoms with Gasteiger partial charge in [-0.25, -0.2) is 4.79 Å². The Kier molecular flexibility index (Phi) is 10.0. The van der Waals surface area contributed by atoms with Gasteiger partial charge in [0.15, 0.2) is 0 Å². The molecule has 0 saturated carbocycles. The molecule has 1 atom stereocenters. The number of rotatable bonds is 11. The molecule has 7 nitrogen and oxygen atoms in total. The molecule has 0 spiro atoms. The van der Waals surface area contributed by atoms with Crippen molar-refractivity contribution < 1.29 is 14.4 Å². The first-order valence-electron chi connectivity index (χ1n) is 10.8. The maximum absolute atomic E-state index is 12.7. The third-order valence-electron chi connectivity index (χ3n) is 4.95. The van der Waals surface area contributed by atoms with Crippen LogP contribution in [0.1, 0.15) is 60.6 Å². The van der Waals surface area contributed by atoms with Gasteiger partial charge in [-0.05, 0) is 42.2 Å². The van der Waals surface area contributed by atoms with Crippen LogP contribution in [0, 0.1) is 0 Å². The number of halogens is 1. The third-order valence-corrected chi connectivity index (χ3v) is 5.30. The van der Waals surface area contributed by atoms with E-state index in [-0.39, 0.29) is 18.2 Å². The fraction of sp³-hybridized carbons (Fsp3) is 0.375. The number of nitrogens with two attached hydrogens (primary N) is 1. The molecule has 0 fully saturated rings. The van der Waals surface area contributed by atoms with Crippen molar-refractivity contribution in [3.05, 3.63) is 70.2 Å². The molecule has 172 valence electrons. The van der Waals surface area contributed by atoms with Gasteiger partial charge in [-0.1, -0.05) is 55.8 Å². The number of urea groups is 1. The van der Waals surface area contributed by atoms with E-state index in [0.717, 1.165) is 31.5 Å². The predicted molar refractivity (Wildman–Crippen MR) is 126 cm³/mol. The maximum atomic E-state index is 12.7. The molecule has 4 N–H and O–H groups in total. The molecule has 0 saturated heterocycles. The second-order valence-corrected chi connectivity index (χ2v) is 7.96. The summed E-state index contributed by atoms with van der Waals surface area (Å²) in [6.45, 7) is 5.87. The average Bonchev–Trinajstić information content (AvgIpc) is 2.77. The van der Waals surface area contributed by atoms with Crippen molar-refractivity contribution in [3.8, 4) is 0 Å². The fourth-order valence-corrected chi connectivity index (χ4v) is 3.70. The smallest absolute Gasteiger partial charge is 0.312 e. The summed E-state index contributed by atoms with van der Waals surface area (Å²) in [5.74, 6) is -0.245. The lowest BCUT2D eigenvalue weighted by molar-refractivity contribution is -0.121. The topological polar surface area (TPSA) is 105 Å². The number of amides is 4. The summed E-state index contributed by atoms with van der Waals surface area (Å²) < 4.78 is 0. The SMILES string of the molecule is CCCN(CCC)C(=O)c1ccc(CNC(=O)C[C@@H](NC(N)=O)c2ccccc2Cl)cc1. The molecular formula is C24H31ClN4O3. The van der Waals surface area contributed by atoms with Crippen LogP contribution in [0.4, 0.5) is 4.79 Å². The summed E-state index contributed by atoms with van der Waals surface area (Å²) >= 11 is 6.21. The minimum atomic E-state index is -0.733. The number of nitrogens with zero attached hydrogens (tertiary/aromatic N) is 1. The number of nitrogens with one attached hydrogen (secondary N) is 2. The molecule has 2 rings (SSSR count). The minimum Gasteiger partial charge on any atom is -0.352 e. The van der Waals surface area contributed by atoms with Crippen molar-refractivity contribution in [3.63, 3.8) is 0 Å². The predicted octanol–water partition coefficient (Wildman–Crippen LogP) is 4.02. The Bertz CT molecular complexity index is 912. The highest BCUT2D eigenvalue weighted by Crippen LogP contribution is 2.25. The van der Waals surface area contributed by atoms with Gasteiger partial charge < -0.3 is 21.3 Å². The molecule has 0 bridgehead atoms. The Labute approximate surface area is 194 Å². The molecule has 4 amide bonds. The van der Waals surface area contributed by atoms with Gasteiger partial charge in [0.05, 0.1) is 12.5 Å². The number of hydrogen-bond acceptors (Lipinski definition) is 3. The van der Waals surface area contributed by atoms with E-state index in [4.69, 9.17) is 17.3 Å². The van der Waals surface area contributed by atoms with Crippen molar-refractivity contribution in [2.24, 2.45) is 5.73 Å². The zero-order chi connectivity index (χ0) is 23.5. The number of benzene rings is 2. The Morgan fingerprint density at radius 1 is 1.00 bits per heavy atom. The van der Waals surface area contributed by atoms with Gasteiger partial charge in [-0.2, -0.15) is 0 Å². The summed E-state index contributed by atoms with van der Waals surface area (Å²) in [6, 6.07) is 12.8. The third kappa shape index (κ3) is 7.57. The Balaban J connectivity index is 1.97. The zero-order valence-electron chi connectivity index (χ0n) is 18.6. The second kappa shape index (κ2) is 12.7. The van der Waals surface area contributed by atoms with E-state index in [1.54, 1.807) is 36.4 Å². The molecule has 32 heavy (non-hydrogen) atoms. The second-order valence-electron chi connectivity index (χ2n) is 7.55. The maximum Gasteiger partial charge on any atom is 0.312 e. The highest BCUT2D eigenvalue weighted by molar-refractivity contribution is 6.31. The van der Waals surface area contributed by atoms with E-state index in [2.05, 4.69) is 24.5 Å². The molecule has 0 aliphatic rings. The van der Waals surface area contributed by atoms with Crippen molar-refractivity contribution in [1.29, 1.82) is 0 Å². The van der Waals surface area contributed by atoms with Crippen LogP contribution in [0.5, 0.6) is 0 Å². The van der Waals surface area contributed by atoms with Crippen molar-refractivity contribution in [2.45, 2.75) is 45.7 Å². The fourth-order valence-electron chi connectivity index (χ4n) is 3.43. The van der Waals surface area contributed by atoms with Crippen LogP contribution in [0.3, 0.4) is 0 Å². The number of carbonyl (C=O) groups is 3. The van der Waals surface area contributed by atoms with Crippen LogP contribution < -0.4 is 16.4 Å². The van der Waals surface area contributed by atoms with Crippen LogP contribution in [0.2, 0.25) is 5.02 Å². The lowest BCUT2D eigenvalue weighted by Gasteiger charge is -2.21. The van der Waals surface area contributed by atoms with Gasteiger partial charge in [0.2, 0.25) is 5.91 Å². The highest BCUT2D eigenvalue weighted by atomic mass is 35.5. The zero-order valence-corrected chi connectivity index (χ0v) is 19.3. The number of hydrogen-bond donors (Lipinski definition) is 3. The molecule has 0 radical (unpaired) electrons. The van der Waals surface area contributed by atoms with Gasteiger partial charge in [-0.3, -0.25) is 9.59 Å². The van der Waals surface area contributed by atoms with Crippen molar-refractivity contribution in [1.82, 2.24) is 15.5 Å². The number of carbonyl (C=O) groups excluding carboxylic acids is 3. The van der Waals surface area contributed by atoms with Gasteiger partial charge in [0.25, 0.3) is 5.91 Å². The molecule has 0 unspecified atom stereocenters. The van der Waals surface area contributed by atoms with Crippen molar-refractivity contribution in [2.75, 3.05) is 13.1 Å². The molecule has 0 aromatic heterocycles. The Morgan fingerprint density at radius 3 is 2.19 bits per heavy atom. The van der Waals surface area contributed by atoms with E-state index in [1.165, 1.54) is 0 Å². The summed E-state index contributed by atoms with van der Waals surface area (Å²) in [5.41, 5.74) is 7.38. The summed E-state index contributed by atoms with van der Waals surface area (Å²) in [6.07, 6.45) is 1.82. The van der Waals surface area contributed by atoms with Gasteiger partial charge in [0, 0.05) is 30.2 Å². The van der Waals surface area contributed by atoms with Crippen LogP contribution in [0.15, 0.2) is 48.5 Å². The summed E-state index contributed by atoms with van der Waals surface area (Å²) in [5, 5.41) is 5.85. The molecule has 0 aliphatic heterocycles. The van der Waals surface area contributed by atoms with Crippen molar-refractivity contribution >= 4 is 29.4 Å². The largest absolute Gasteiger partial charge is 0.352 e. The standard InChI is InChI=1S/C24H31ClN4O3/c1-3-13-29(14-4-2)23(31)18-11-9-17(10-12-18)16-27-22(30)15-21(28-24(26)32)19-7-5-6-8-20(19)25/h5-12,21H,3-4,13-16H2,1-2H3,(H,27,30)(H3,26,28,32)/t21-/m1/s1. The summed E-state index contributed by atoms with van der Waals surface area (Å²) in [4.78, 5) is 38.4.